The Morgan fingerprint density at radius 2 is 2.25 bits per heavy atom. The number of rotatable bonds is 4. The van der Waals surface area contributed by atoms with Gasteiger partial charge in [-0.25, -0.2) is 4.79 Å². The second kappa shape index (κ2) is 6.48. The third kappa shape index (κ3) is 2.92. The molecule has 1 aromatic heterocycles. The van der Waals surface area contributed by atoms with Gasteiger partial charge in [-0.3, -0.25) is 14.6 Å². The highest BCUT2D eigenvalue weighted by Crippen LogP contribution is 2.43. The molecule has 1 aromatic rings. The molecule has 1 N–H and O–H groups in total. The number of fused-ring (bicyclic) bond motifs is 1. The van der Waals surface area contributed by atoms with E-state index in [2.05, 4.69) is 4.98 Å². The van der Waals surface area contributed by atoms with Crippen molar-refractivity contribution in [2.45, 2.75) is 18.3 Å². The lowest BCUT2D eigenvalue weighted by Crippen LogP contribution is -2.62. The fraction of sp³-hybridized carbons (Fsp3) is 0.250. The van der Waals surface area contributed by atoms with Gasteiger partial charge in [-0.2, -0.15) is 0 Å². The van der Waals surface area contributed by atoms with Crippen molar-refractivity contribution in [3.63, 3.8) is 0 Å². The van der Waals surface area contributed by atoms with E-state index in [0.717, 1.165) is 0 Å². The largest absolute Gasteiger partial charge is 0.479 e. The summed E-state index contributed by atoms with van der Waals surface area (Å²) in [4.78, 5) is 40.4. The molecule has 2 aliphatic heterocycles. The number of pyridine rings is 1. The van der Waals surface area contributed by atoms with Gasteiger partial charge in [0.1, 0.15) is 12.0 Å². The molecule has 2 aliphatic rings. The van der Waals surface area contributed by atoms with Crippen molar-refractivity contribution < 1.29 is 24.2 Å². The molecule has 2 atom stereocenters. The van der Waals surface area contributed by atoms with Crippen LogP contribution in [-0.2, 0) is 19.1 Å². The normalized spacial score (nSPS) is 24.0. The van der Waals surface area contributed by atoms with Crippen LogP contribution in [0, 0.1) is 0 Å². The van der Waals surface area contributed by atoms with Crippen LogP contribution >= 0.6 is 11.8 Å². The standard InChI is InChI=1S/C16H14N2O5S/c1-9(19)23-7-10-8-24-15-12(6-11-4-2-3-5-17-11)14(20)18(15)13(10)16(21)22/h2-6,8,13,15H,7H2,1H3,(H,21,22)/b12-6-/t13?,15-/m0/s1. The molecule has 0 bridgehead atoms. The van der Waals surface area contributed by atoms with Gasteiger partial charge in [0.15, 0.2) is 6.04 Å². The van der Waals surface area contributed by atoms with Crippen molar-refractivity contribution in [3.8, 4) is 0 Å². The van der Waals surface area contributed by atoms with E-state index in [1.165, 1.54) is 23.6 Å². The Bertz CT molecular complexity index is 759. The number of nitrogens with zero attached hydrogens (tertiary/aromatic N) is 2. The highest BCUT2D eigenvalue weighted by molar-refractivity contribution is 8.03. The molecule has 8 heteroatoms. The molecule has 0 saturated carbocycles. The lowest BCUT2D eigenvalue weighted by molar-refractivity contribution is -0.152. The summed E-state index contributed by atoms with van der Waals surface area (Å²) in [6.45, 7) is 1.10. The lowest BCUT2D eigenvalue weighted by Gasteiger charge is -2.47. The average molecular weight is 346 g/mol. The van der Waals surface area contributed by atoms with E-state index in [1.807, 2.05) is 6.07 Å². The summed E-state index contributed by atoms with van der Waals surface area (Å²) in [6, 6.07) is 4.24. The maximum absolute atomic E-state index is 12.4. The van der Waals surface area contributed by atoms with Crippen molar-refractivity contribution >= 4 is 35.7 Å². The summed E-state index contributed by atoms with van der Waals surface area (Å²) >= 11 is 1.32. The maximum atomic E-state index is 12.4. The minimum Gasteiger partial charge on any atom is -0.479 e. The Morgan fingerprint density at radius 3 is 2.88 bits per heavy atom. The van der Waals surface area contributed by atoms with E-state index in [9.17, 15) is 19.5 Å². The van der Waals surface area contributed by atoms with Crippen LogP contribution in [0.3, 0.4) is 0 Å². The molecule has 7 nitrogen and oxygen atoms in total. The fourth-order valence-corrected chi connectivity index (χ4v) is 3.73. The van der Waals surface area contributed by atoms with Gasteiger partial charge in [0.2, 0.25) is 0 Å². The molecule has 24 heavy (non-hydrogen) atoms. The van der Waals surface area contributed by atoms with Gasteiger partial charge >= 0.3 is 11.9 Å². The molecular weight excluding hydrogens is 332 g/mol. The topological polar surface area (TPSA) is 96.8 Å². The average Bonchev–Trinajstić information content (AvgIpc) is 2.57. The van der Waals surface area contributed by atoms with Crippen molar-refractivity contribution in [1.29, 1.82) is 0 Å². The molecular formula is C16H14N2O5S. The number of esters is 1. The molecule has 0 spiro atoms. The monoisotopic (exact) mass is 346 g/mol. The van der Waals surface area contributed by atoms with Crippen LogP contribution in [0.4, 0.5) is 0 Å². The number of β-lactam (4-membered cyclic amide) rings is 1. The zero-order valence-corrected chi connectivity index (χ0v) is 13.5. The first-order valence-corrected chi connectivity index (χ1v) is 8.09. The first kappa shape index (κ1) is 16.3. The number of amides is 1. The Balaban J connectivity index is 1.85. The number of hydrogen-bond donors (Lipinski definition) is 1. The van der Waals surface area contributed by atoms with Gasteiger partial charge < -0.3 is 14.7 Å². The predicted octanol–water partition coefficient (Wildman–Crippen LogP) is 1.28. The minimum absolute atomic E-state index is 0.144. The zero-order valence-electron chi connectivity index (χ0n) is 12.7. The van der Waals surface area contributed by atoms with E-state index >= 15 is 0 Å². The number of carboxylic acids is 1. The minimum atomic E-state index is -1.15. The van der Waals surface area contributed by atoms with Gasteiger partial charge in [-0.05, 0) is 23.6 Å². The van der Waals surface area contributed by atoms with E-state index in [4.69, 9.17) is 4.74 Å². The quantitative estimate of drug-likeness (QED) is 0.498. The van der Waals surface area contributed by atoms with Gasteiger partial charge in [0, 0.05) is 18.7 Å². The second-order valence-corrected chi connectivity index (χ2v) is 6.22. The SMILES string of the molecule is CC(=O)OCC1=CS[C@H]2/C(=C\c3ccccn3)C(=O)N2C1C(=O)O. The van der Waals surface area contributed by atoms with E-state index in [0.29, 0.717) is 16.8 Å². The molecule has 1 fully saturated rings. The first-order valence-electron chi connectivity index (χ1n) is 7.15. The summed E-state index contributed by atoms with van der Waals surface area (Å²) < 4.78 is 4.88. The van der Waals surface area contributed by atoms with Crippen LogP contribution in [-0.4, -0.2) is 50.9 Å². The number of carboxylic acid groups (broad SMARTS) is 1. The fourth-order valence-electron chi connectivity index (χ4n) is 2.56. The summed E-state index contributed by atoms with van der Waals surface area (Å²) in [5.41, 5.74) is 1.53. The Morgan fingerprint density at radius 1 is 1.46 bits per heavy atom. The number of ether oxygens (including phenoxy) is 1. The smallest absolute Gasteiger partial charge is 0.331 e. The summed E-state index contributed by atoms with van der Waals surface area (Å²) in [5, 5.41) is 10.8. The van der Waals surface area contributed by atoms with Crippen molar-refractivity contribution in [1.82, 2.24) is 9.88 Å². The van der Waals surface area contributed by atoms with Gasteiger partial charge in [0.05, 0.1) is 11.3 Å². The highest BCUT2D eigenvalue weighted by Gasteiger charge is 2.51. The third-order valence-corrected chi connectivity index (χ3v) is 4.82. The van der Waals surface area contributed by atoms with Gasteiger partial charge in [-0.1, -0.05) is 6.07 Å². The Hall–Kier alpha value is -2.61. The molecule has 0 radical (unpaired) electrons. The van der Waals surface area contributed by atoms with Gasteiger partial charge in [-0.15, -0.1) is 11.8 Å². The van der Waals surface area contributed by atoms with Crippen LogP contribution in [0.15, 0.2) is 41.0 Å². The number of hydrogen-bond acceptors (Lipinski definition) is 6. The highest BCUT2D eigenvalue weighted by atomic mass is 32.2. The summed E-state index contributed by atoms with van der Waals surface area (Å²) in [5.74, 6) is -2.00. The molecule has 3 heterocycles. The second-order valence-electron chi connectivity index (χ2n) is 5.27. The van der Waals surface area contributed by atoms with Crippen LogP contribution in [0.2, 0.25) is 0 Å². The van der Waals surface area contributed by atoms with E-state index in [1.54, 1.807) is 29.8 Å². The number of carbonyl (C=O) groups is 3. The molecule has 0 aliphatic carbocycles. The molecule has 0 aromatic carbocycles. The van der Waals surface area contributed by atoms with Crippen LogP contribution in [0.5, 0.6) is 0 Å². The Labute approximate surface area is 142 Å². The van der Waals surface area contributed by atoms with Crippen LogP contribution in [0.1, 0.15) is 12.6 Å². The molecule has 124 valence electrons. The van der Waals surface area contributed by atoms with Crippen molar-refractivity contribution in [3.05, 3.63) is 46.6 Å². The lowest BCUT2D eigenvalue weighted by atomic mass is 9.97. The first-order chi connectivity index (χ1) is 11.5. The molecule has 3 rings (SSSR count). The third-order valence-electron chi connectivity index (χ3n) is 3.65. The van der Waals surface area contributed by atoms with Crippen molar-refractivity contribution in [2.75, 3.05) is 6.61 Å². The Kier molecular flexibility index (Phi) is 4.39. The van der Waals surface area contributed by atoms with Gasteiger partial charge in [0.25, 0.3) is 5.91 Å². The van der Waals surface area contributed by atoms with Crippen LogP contribution < -0.4 is 0 Å². The van der Waals surface area contributed by atoms with E-state index < -0.39 is 18.0 Å². The molecule has 1 unspecified atom stereocenters. The van der Waals surface area contributed by atoms with Crippen molar-refractivity contribution in [2.24, 2.45) is 0 Å². The number of aromatic nitrogens is 1. The number of thioether (sulfide) groups is 1. The summed E-state index contributed by atoms with van der Waals surface area (Å²) in [6.07, 6.45) is 3.29. The zero-order chi connectivity index (χ0) is 17.3. The maximum Gasteiger partial charge on any atom is 0.331 e. The molecule has 1 amide bonds. The number of carbonyl (C=O) groups excluding carboxylic acids is 2. The molecule has 1 saturated heterocycles. The predicted molar refractivity (Wildman–Crippen MR) is 86.6 cm³/mol. The van der Waals surface area contributed by atoms with Crippen LogP contribution in [0.25, 0.3) is 6.08 Å². The van der Waals surface area contributed by atoms with E-state index in [-0.39, 0.29) is 17.9 Å². The number of aliphatic carboxylic acids is 1. The summed E-state index contributed by atoms with van der Waals surface area (Å²) in [7, 11) is 0.